The fraction of sp³-hybridized carbons (Fsp3) is 0.600. The number of halogens is 1. The molecule has 8 nitrogen and oxygen atoms in total. The maximum absolute atomic E-state index is 10.2. The molecule has 1 aliphatic heterocycles. The molecule has 0 amide bonds. The van der Waals surface area contributed by atoms with Crippen LogP contribution in [0.5, 0.6) is 0 Å². The van der Waals surface area contributed by atoms with Crippen molar-refractivity contribution in [2.45, 2.75) is 49.8 Å². The van der Waals surface area contributed by atoms with Crippen LogP contribution in [0.4, 0.5) is 5.69 Å². The summed E-state index contributed by atoms with van der Waals surface area (Å²) in [7, 11) is 0. The van der Waals surface area contributed by atoms with Gasteiger partial charge in [-0.25, -0.2) is 9.97 Å². The molecule has 4 rings (SSSR count). The second-order valence-corrected chi connectivity index (χ2v) is 6.70. The van der Waals surface area contributed by atoms with E-state index in [0.717, 1.165) is 18.5 Å². The first kappa shape index (κ1) is 16.0. The second kappa shape index (κ2) is 6.12. The highest BCUT2D eigenvalue weighted by atomic mass is 35.5. The molecule has 1 unspecified atom stereocenters. The van der Waals surface area contributed by atoms with E-state index in [0.29, 0.717) is 22.4 Å². The van der Waals surface area contributed by atoms with Gasteiger partial charge in [0, 0.05) is 12.1 Å². The summed E-state index contributed by atoms with van der Waals surface area (Å²) in [6.07, 6.45) is 0.816. The first-order valence-corrected chi connectivity index (χ1v) is 8.38. The minimum atomic E-state index is -1.19. The van der Waals surface area contributed by atoms with Gasteiger partial charge in [-0.3, -0.25) is 4.57 Å². The molecule has 24 heavy (non-hydrogen) atoms. The van der Waals surface area contributed by atoms with Crippen molar-refractivity contribution in [2.75, 3.05) is 11.9 Å². The zero-order valence-corrected chi connectivity index (χ0v) is 13.6. The number of hydrogen-bond donors (Lipinski definition) is 4. The quantitative estimate of drug-likeness (QED) is 0.596. The third-order valence-corrected chi connectivity index (χ3v) is 4.95. The summed E-state index contributed by atoms with van der Waals surface area (Å²) >= 11 is 6.14. The third kappa shape index (κ3) is 2.55. The van der Waals surface area contributed by atoms with Gasteiger partial charge in [0.15, 0.2) is 11.9 Å². The number of pyridine rings is 1. The van der Waals surface area contributed by atoms with Gasteiger partial charge in [-0.1, -0.05) is 11.6 Å². The summed E-state index contributed by atoms with van der Waals surface area (Å²) in [5.74, 6) is 0. The molecule has 2 aromatic rings. The molecule has 130 valence electrons. The van der Waals surface area contributed by atoms with Crippen LogP contribution < -0.4 is 5.32 Å². The summed E-state index contributed by atoms with van der Waals surface area (Å²) in [4.78, 5) is 8.66. The molecule has 0 bridgehead atoms. The van der Waals surface area contributed by atoms with Gasteiger partial charge in [0.1, 0.15) is 29.0 Å². The lowest BCUT2D eigenvalue weighted by Gasteiger charge is -2.27. The summed E-state index contributed by atoms with van der Waals surface area (Å²) in [6, 6.07) is 2.14. The van der Waals surface area contributed by atoms with E-state index in [1.165, 1.54) is 17.3 Å². The average Bonchev–Trinajstić information content (AvgIpc) is 3.05. The number of rotatable bonds is 4. The molecule has 1 saturated carbocycles. The summed E-state index contributed by atoms with van der Waals surface area (Å²) in [5, 5.41) is 33.1. The number of imidazole rings is 1. The fourth-order valence-electron chi connectivity index (χ4n) is 3.15. The minimum absolute atomic E-state index is 0.304. The number of aliphatic hydroxyl groups excluding tert-OH is 3. The molecule has 0 radical (unpaired) electrons. The molecule has 4 N–H and O–H groups in total. The van der Waals surface area contributed by atoms with Gasteiger partial charge in [0.25, 0.3) is 0 Å². The number of hydrogen-bond acceptors (Lipinski definition) is 7. The highest BCUT2D eigenvalue weighted by Gasteiger charge is 2.44. The predicted octanol–water partition coefficient (Wildman–Crippen LogP) is 0.661. The molecular weight excluding hydrogens is 336 g/mol. The zero-order valence-electron chi connectivity index (χ0n) is 12.8. The van der Waals surface area contributed by atoms with Crippen molar-refractivity contribution in [1.82, 2.24) is 14.5 Å². The Morgan fingerprint density at radius 2 is 2.12 bits per heavy atom. The van der Waals surface area contributed by atoms with Gasteiger partial charge in [0.2, 0.25) is 0 Å². The number of anilines is 1. The Hall–Kier alpha value is -1.45. The SMILES string of the molecule is OC[C@H]1O[C@@H](n2cnc3c(NC4CCC4)cc(Cl)nc32)[C@@H](O)C1O. The number of aromatic nitrogens is 3. The Balaban J connectivity index is 1.72. The van der Waals surface area contributed by atoms with E-state index in [1.54, 1.807) is 6.07 Å². The Kier molecular flexibility index (Phi) is 4.09. The van der Waals surface area contributed by atoms with Crippen LogP contribution in [-0.4, -0.2) is 60.8 Å². The van der Waals surface area contributed by atoms with Gasteiger partial charge < -0.3 is 25.4 Å². The minimum Gasteiger partial charge on any atom is -0.394 e. The predicted molar refractivity (Wildman–Crippen MR) is 86.8 cm³/mol. The largest absolute Gasteiger partial charge is 0.394 e. The van der Waals surface area contributed by atoms with Crippen LogP contribution >= 0.6 is 11.6 Å². The molecule has 0 aromatic carbocycles. The molecule has 3 heterocycles. The first-order chi connectivity index (χ1) is 11.6. The van der Waals surface area contributed by atoms with Crippen LogP contribution in [0.25, 0.3) is 11.2 Å². The van der Waals surface area contributed by atoms with Gasteiger partial charge in [-0.15, -0.1) is 0 Å². The van der Waals surface area contributed by atoms with Gasteiger partial charge in [-0.2, -0.15) is 0 Å². The van der Waals surface area contributed by atoms with E-state index < -0.39 is 24.5 Å². The molecule has 0 spiro atoms. The molecule has 9 heteroatoms. The molecule has 1 saturated heterocycles. The van der Waals surface area contributed by atoms with Gasteiger partial charge in [0.05, 0.1) is 18.6 Å². The topological polar surface area (TPSA) is 113 Å². The van der Waals surface area contributed by atoms with Crippen molar-refractivity contribution in [3.63, 3.8) is 0 Å². The Labute approximate surface area is 143 Å². The summed E-state index contributed by atoms with van der Waals surface area (Å²) in [5.41, 5.74) is 1.88. The lowest BCUT2D eigenvalue weighted by atomic mass is 9.93. The second-order valence-electron chi connectivity index (χ2n) is 6.32. The highest BCUT2D eigenvalue weighted by Crippen LogP contribution is 2.34. The molecule has 2 aromatic heterocycles. The third-order valence-electron chi connectivity index (χ3n) is 4.75. The standard InChI is InChI=1S/C15H19ClN4O4/c16-10-4-8(18-7-2-1-3-7)11-14(19-10)20(6-17-11)15-13(23)12(22)9(5-21)24-15/h4,6-7,9,12-13,15,21-23H,1-3,5H2,(H,18,19)/t9-,12?,13+,15-/m1/s1. The number of nitrogens with zero attached hydrogens (tertiary/aromatic N) is 3. The van der Waals surface area contributed by atoms with Crippen LogP contribution in [-0.2, 0) is 4.74 Å². The molecule has 4 atom stereocenters. The Bertz CT molecular complexity index is 750. The zero-order chi connectivity index (χ0) is 16.8. The smallest absolute Gasteiger partial charge is 0.165 e. The summed E-state index contributed by atoms with van der Waals surface area (Å²) in [6.45, 7) is -0.385. The van der Waals surface area contributed by atoms with Crippen molar-refractivity contribution in [1.29, 1.82) is 0 Å². The average molecular weight is 355 g/mol. The van der Waals surface area contributed by atoms with Crippen LogP contribution in [0.1, 0.15) is 25.5 Å². The van der Waals surface area contributed by atoms with E-state index in [9.17, 15) is 15.3 Å². The van der Waals surface area contributed by atoms with Crippen molar-refractivity contribution in [3.05, 3.63) is 17.5 Å². The van der Waals surface area contributed by atoms with Crippen LogP contribution in [0.15, 0.2) is 12.4 Å². The monoisotopic (exact) mass is 354 g/mol. The molecular formula is C15H19ClN4O4. The lowest BCUT2D eigenvalue weighted by Crippen LogP contribution is -2.33. The fourth-order valence-corrected chi connectivity index (χ4v) is 3.34. The highest BCUT2D eigenvalue weighted by molar-refractivity contribution is 6.30. The molecule has 2 aliphatic rings. The maximum atomic E-state index is 10.2. The number of nitrogens with one attached hydrogen (secondary N) is 1. The van der Waals surface area contributed by atoms with E-state index in [1.807, 2.05) is 0 Å². The Morgan fingerprint density at radius 1 is 1.33 bits per heavy atom. The summed E-state index contributed by atoms with van der Waals surface area (Å²) < 4.78 is 7.09. The van der Waals surface area contributed by atoms with E-state index in [4.69, 9.17) is 16.3 Å². The number of aliphatic hydroxyl groups is 3. The molecule has 2 fully saturated rings. The molecule has 1 aliphatic carbocycles. The first-order valence-electron chi connectivity index (χ1n) is 8.00. The Morgan fingerprint density at radius 3 is 2.75 bits per heavy atom. The van der Waals surface area contributed by atoms with Crippen LogP contribution in [0.2, 0.25) is 5.15 Å². The van der Waals surface area contributed by atoms with Gasteiger partial charge in [-0.05, 0) is 19.3 Å². The van der Waals surface area contributed by atoms with E-state index in [2.05, 4.69) is 15.3 Å². The van der Waals surface area contributed by atoms with Crippen molar-refractivity contribution in [2.24, 2.45) is 0 Å². The number of fused-ring (bicyclic) bond motifs is 1. The van der Waals surface area contributed by atoms with Crippen molar-refractivity contribution < 1.29 is 20.1 Å². The van der Waals surface area contributed by atoms with E-state index >= 15 is 0 Å². The normalized spacial score (nSPS) is 30.7. The lowest BCUT2D eigenvalue weighted by molar-refractivity contribution is -0.0511. The van der Waals surface area contributed by atoms with Crippen molar-refractivity contribution in [3.8, 4) is 0 Å². The van der Waals surface area contributed by atoms with Crippen LogP contribution in [0, 0.1) is 0 Å². The number of ether oxygens (including phenoxy) is 1. The van der Waals surface area contributed by atoms with Crippen LogP contribution in [0.3, 0.4) is 0 Å². The maximum Gasteiger partial charge on any atom is 0.165 e. The van der Waals surface area contributed by atoms with Gasteiger partial charge >= 0.3 is 0 Å². The van der Waals surface area contributed by atoms with Crippen molar-refractivity contribution >= 4 is 28.5 Å². The van der Waals surface area contributed by atoms with E-state index in [-0.39, 0.29) is 6.61 Å².